The number of halogens is 1. The number of rotatable bonds is 4. The normalized spacial score (nSPS) is 13.3. The highest BCUT2D eigenvalue weighted by Gasteiger charge is 2.22. The molecule has 8 heteroatoms. The molecule has 3 N–H and O–H groups in total. The van der Waals surface area contributed by atoms with Crippen LogP contribution >= 0.6 is 27.3 Å². The molecule has 2 rings (SSSR count). The van der Waals surface area contributed by atoms with Crippen LogP contribution in [0.4, 0.5) is 5.69 Å². The van der Waals surface area contributed by atoms with Crippen molar-refractivity contribution in [1.29, 1.82) is 0 Å². The predicted molar refractivity (Wildman–Crippen MR) is 88.9 cm³/mol. The molecule has 0 radical (unpaired) electrons. The molecule has 0 spiro atoms. The van der Waals surface area contributed by atoms with Gasteiger partial charge in [-0.15, -0.1) is 11.3 Å². The molecule has 21 heavy (non-hydrogen) atoms. The van der Waals surface area contributed by atoms with E-state index in [4.69, 9.17) is 5.73 Å². The lowest BCUT2D eigenvalue weighted by atomic mass is 10.2. The summed E-state index contributed by atoms with van der Waals surface area (Å²) in [5, 5.41) is 2.63. The van der Waals surface area contributed by atoms with E-state index in [9.17, 15) is 8.42 Å². The number of nitrogens with zero attached hydrogens (tertiary/aromatic N) is 1. The molecule has 0 aliphatic carbocycles. The minimum Gasteiger partial charge on any atom is -0.398 e. The average Bonchev–Trinajstić information content (AvgIpc) is 2.80. The number of nitrogens with two attached hydrogens (primary N) is 1. The average molecular weight is 390 g/mol. The summed E-state index contributed by atoms with van der Waals surface area (Å²) in [7, 11) is -3.65. The maximum atomic E-state index is 12.5. The SMILES string of the molecule is Cc1csc(C(C)NS(=O)(=O)c2cc(N)c(Br)cc2C)n1. The molecule has 114 valence electrons. The number of nitrogens with one attached hydrogen (secondary N) is 1. The minimum atomic E-state index is -3.65. The van der Waals surface area contributed by atoms with Gasteiger partial charge in [0.2, 0.25) is 10.0 Å². The van der Waals surface area contributed by atoms with Gasteiger partial charge >= 0.3 is 0 Å². The summed E-state index contributed by atoms with van der Waals surface area (Å²) in [4.78, 5) is 4.49. The van der Waals surface area contributed by atoms with Crippen molar-refractivity contribution in [2.24, 2.45) is 0 Å². The van der Waals surface area contributed by atoms with Gasteiger partial charge in [-0.25, -0.2) is 18.1 Å². The molecule has 1 aromatic carbocycles. The summed E-state index contributed by atoms with van der Waals surface area (Å²) in [5.74, 6) is 0. The Morgan fingerprint density at radius 3 is 2.62 bits per heavy atom. The Morgan fingerprint density at radius 2 is 2.05 bits per heavy atom. The van der Waals surface area contributed by atoms with Gasteiger partial charge < -0.3 is 5.73 Å². The highest BCUT2D eigenvalue weighted by molar-refractivity contribution is 9.10. The Kier molecular flexibility index (Phi) is 4.72. The lowest BCUT2D eigenvalue weighted by Crippen LogP contribution is -2.27. The van der Waals surface area contributed by atoms with Crippen LogP contribution in [0.5, 0.6) is 0 Å². The molecule has 2 aromatic rings. The van der Waals surface area contributed by atoms with Crippen LogP contribution < -0.4 is 10.5 Å². The Labute approximate surface area is 136 Å². The number of benzene rings is 1. The third-order valence-electron chi connectivity index (χ3n) is 2.92. The molecule has 0 fully saturated rings. The number of hydrogen-bond donors (Lipinski definition) is 2. The molecule has 0 amide bonds. The summed E-state index contributed by atoms with van der Waals surface area (Å²) in [5.41, 5.74) is 7.68. The molecule has 0 saturated carbocycles. The first-order valence-electron chi connectivity index (χ1n) is 6.20. The van der Waals surface area contributed by atoms with E-state index in [-0.39, 0.29) is 4.90 Å². The zero-order valence-corrected chi connectivity index (χ0v) is 15.1. The molecular weight excluding hydrogens is 374 g/mol. The first-order chi connectivity index (χ1) is 9.70. The highest BCUT2D eigenvalue weighted by Crippen LogP contribution is 2.28. The summed E-state index contributed by atoms with van der Waals surface area (Å²) in [6.07, 6.45) is 0. The number of aryl methyl sites for hydroxylation is 2. The van der Waals surface area contributed by atoms with Crippen molar-refractivity contribution < 1.29 is 8.42 Å². The summed E-state index contributed by atoms with van der Waals surface area (Å²) < 4.78 is 28.3. The van der Waals surface area contributed by atoms with Crippen LogP contribution in [0.3, 0.4) is 0 Å². The zero-order chi connectivity index (χ0) is 15.8. The number of sulfonamides is 1. The van der Waals surface area contributed by atoms with Crippen molar-refractivity contribution in [3.05, 3.63) is 38.3 Å². The number of aromatic nitrogens is 1. The highest BCUT2D eigenvalue weighted by atomic mass is 79.9. The van der Waals surface area contributed by atoms with Gasteiger partial charge in [0.05, 0.1) is 10.9 Å². The molecule has 1 atom stereocenters. The van der Waals surface area contributed by atoms with Gasteiger partial charge in [0, 0.05) is 21.2 Å². The summed E-state index contributed by atoms with van der Waals surface area (Å²) in [6, 6.07) is 2.77. The molecule has 0 bridgehead atoms. The van der Waals surface area contributed by atoms with E-state index in [2.05, 4.69) is 25.6 Å². The van der Waals surface area contributed by atoms with Gasteiger partial charge in [-0.1, -0.05) is 0 Å². The van der Waals surface area contributed by atoms with Crippen LogP contribution in [0.1, 0.15) is 29.2 Å². The Bertz CT molecular complexity index is 772. The lowest BCUT2D eigenvalue weighted by Gasteiger charge is -2.14. The molecule has 1 aromatic heterocycles. The fourth-order valence-electron chi connectivity index (χ4n) is 1.88. The van der Waals surface area contributed by atoms with Crippen molar-refractivity contribution in [2.45, 2.75) is 31.7 Å². The maximum Gasteiger partial charge on any atom is 0.241 e. The monoisotopic (exact) mass is 389 g/mol. The number of anilines is 1. The largest absolute Gasteiger partial charge is 0.398 e. The van der Waals surface area contributed by atoms with E-state index in [0.717, 1.165) is 10.7 Å². The second-order valence-corrected chi connectivity index (χ2v) is 8.24. The van der Waals surface area contributed by atoms with Crippen LogP contribution in [0.25, 0.3) is 0 Å². The summed E-state index contributed by atoms with van der Waals surface area (Å²) in [6.45, 7) is 5.38. The molecule has 1 heterocycles. The molecule has 0 saturated heterocycles. The van der Waals surface area contributed by atoms with E-state index in [1.54, 1.807) is 19.9 Å². The van der Waals surface area contributed by atoms with Crippen molar-refractivity contribution in [3.63, 3.8) is 0 Å². The Hall–Kier alpha value is -0.960. The van der Waals surface area contributed by atoms with Crippen LogP contribution in [-0.4, -0.2) is 13.4 Å². The van der Waals surface area contributed by atoms with E-state index < -0.39 is 16.1 Å². The van der Waals surface area contributed by atoms with Gasteiger partial charge in [-0.05, 0) is 54.4 Å². The van der Waals surface area contributed by atoms with Gasteiger partial charge in [0.15, 0.2) is 0 Å². The third kappa shape index (κ3) is 3.63. The second-order valence-electron chi connectivity index (χ2n) is 4.81. The molecule has 5 nitrogen and oxygen atoms in total. The zero-order valence-electron chi connectivity index (χ0n) is 11.8. The first-order valence-corrected chi connectivity index (χ1v) is 9.36. The molecule has 1 unspecified atom stereocenters. The van der Waals surface area contributed by atoms with E-state index in [1.807, 2.05) is 12.3 Å². The van der Waals surface area contributed by atoms with E-state index >= 15 is 0 Å². The van der Waals surface area contributed by atoms with E-state index in [0.29, 0.717) is 15.7 Å². The number of thiazole rings is 1. The fraction of sp³-hybridized carbons (Fsp3) is 0.308. The number of hydrogen-bond acceptors (Lipinski definition) is 5. The molecule has 0 aliphatic heterocycles. The second kappa shape index (κ2) is 6.04. The lowest BCUT2D eigenvalue weighted by molar-refractivity contribution is 0.565. The fourth-order valence-corrected chi connectivity index (χ4v) is 4.68. The molecule has 0 aliphatic rings. The van der Waals surface area contributed by atoms with Crippen LogP contribution in [-0.2, 0) is 10.0 Å². The van der Waals surface area contributed by atoms with Gasteiger partial charge in [-0.3, -0.25) is 0 Å². The van der Waals surface area contributed by atoms with Crippen molar-refractivity contribution >= 4 is 43.0 Å². The Morgan fingerprint density at radius 1 is 1.38 bits per heavy atom. The standard InChI is InChI=1S/C13H16BrN3O2S2/c1-7-4-10(14)11(15)5-12(7)21(18,19)17-9(3)13-16-8(2)6-20-13/h4-6,9,17H,15H2,1-3H3. The third-order valence-corrected chi connectivity index (χ3v) is 6.44. The van der Waals surface area contributed by atoms with Crippen LogP contribution in [0, 0.1) is 13.8 Å². The van der Waals surface area contributed by atoms with Gasteiger partial charge in [0.25, 0.3) is 0 Å². The number of nitrogen functional groups attached to an aromatic ring is 1. The van der Waals surface area contributed by atoms with E-state index in [1.165, 1.54) is 17.4 Å². The quantitative estimate of drug-likeness (QED) is 0.786. The first kappa shape index (κ1) is 16.4. The van der Waals surface area contributed by atoms with Crippen molar-refractivity contribution in [3.8, 4) is 0 Å². The molecular formula is C13H16BrN3O2S2. The van der Waals surface area contributed by atoms with Crippen LogP contribution in [0.15, 0.2) is 26.9 Å². The summed E-state index contributed by atoms with van der Waals surface area (Å²) >= 11 is 4.72. The van der Waals surface area contributed by atoms with Gasteiger partial charge in [-0.2, -0.15) is 0 Å². The van der Waals surface area contributed by atoms with Crippen molar-refractivity contribution in [1.82, 2.24) is 9.71 Å². The van der Waals surface area contributed by atoms with Crippen LogP contribution in [0.2, 0.25) is 0 Å². The van der Waals surface area contributed by atoms with Crippen molar-refractivity contribution in [2.75, 3.05) is 5.73 Å². The topological polar surface area (TPSA) is 85.1 Å². The predicted octanol–water partition coefficient (Wildman–Crippen LogP) is 3.14. The maximum absolute atomic E-state index is 12.5. The van der Waals surface area contributed by atoms with Gasteiger partial charge in [0.1, 0.15) is 5.01 Å². The minimum absolute atomic E-state index is 0.184. The smallest absolute Gasteiger partial charge is 0.241 e. The Balaban J connectivity index is 2.32.